The minimum atomic E-state index is -0.365. The molecule has 6 heteroatoms. The van der Waals surface area contributed by atoms with Crippen LogP contribution < -0.4 is 10.6 Å². The van der Waals surface area contributed by atoms with E-state index in [-0.39, 0.29) is 17.6 Å². The highest BCUT2D eigenvalue weighted by Gasteiger charge is 2.15. The number of nitrogens with one attached hydrogen (secondary N) is 2. The molecule has 0 aliphatic carbocycles. The molecule has 2 aromatic rings. The van der Waals surface area contributed by atoms with Crippen molar-refractivity contribution in [1.29, 1.82) is 0 Å². The quantitative estimate of drug-likeness (QED) is 0.906. The van der Waals surface area contributed by atoms with Crippen molar-refractivity contribution >= 4 is 29.3 Å². The number of fused-ring (bicyclic) bond motifs is 1. The maximum atomic E-state index is 12.8. The first-order valence-corrected chi connectivity index (χ1v) is 8.20. The molecular weight excluding hydrogens is 315 g/mol. The predicted octanol–water partition coefficient (Wildman–Crippen LogP) is 2.84. The van der Waals surface area contributed by atoms with Gasteiger partial charge >= 0.3 is 0 Å². The number of anilines is 1. The Morgan fingerprint density at radius 1 is 1.22 bits per heavy atom. The number of carbonyl (C=O) groups is 2. The van der Waals surface area contributed by atoms with Gasteiger partial charge in [-0.3, -0.25) is 9.59 Å². The third-order valence-electron chi connectivity index (χ3n) is 3.48. The average Bonchev–Trinajstić information content (AvgIpc) is 2.55. The lowest BCUT2D eigenvalue weighted by Gasteiger charge is -2.17. The molecule has 0 spiro atoms. The summed E-state index contributed by atoms with van der Waals surface area (Å²) in [5.41, 5.74) is 2.29. The summed E-state index contributed by atoms with van der Waals surface area (Å²) in [7, 11) is 0. The summed E-state index contributed by atoms with van der Waals surface area (Å²) in [4.78, 5) is 24.4. The van der Waals surface area contributed by atoms with Crippen LogP contribution in [0.15, 0.2) is 47.4 Å². The van der Waals surface area contributed by atoms with Crippen LogP contribution in [0.1, 0.15) is 15.9 Å². The fraction of sp³-hybridized carbons (Fsp3) is 0.176. The Labute approximate surface area is 137 Å². The zero-order chi connectivity index (χ0) is 16.2. The average molecular weight is 330 g/mol. The van der Waals surface area contributed by atoms with Crippen molar-refractivity contribution in [3.05, 3.63) is 59.4 Å². The zero-order valence-corrected chi connectivity index (χ0v) is 13.1. The highest BCUT2D eigenvalue weighted by atomic mass is 32.2. The predicted molar refractivity (Wildman–Crippen MR) is 88.2 cm³/mol. The second-order valence-electron chi connectivity index (χ2n) is 5.18. The Morgan fingerprint density at radius 3 is 2.78 bits per heavy atom. The number of hydrogen-bond donors (Lipinski definition) is 2. The molecule has 2 N–H and O–H groups in total. The van der Waals surface area contributed by atoms with E-state index in [1.54, 1.807) is 0 Å². The van der Waals surface area contributed by atoms with Gasteiger partial charge in [-0.25, -0.2) is 4.39 Å². The van der Waals surface area contributed by atoms with Gasteiger partial charge in [-0.1, -0.05) is 6.07 Å². The van der Waals surface area contributed by atoms with Crippen molar-refractivity contribution in [3.63, 3.8) is 0 Å². The molecule has 0 radical (unpaired) electrons. The first kappa shape index (κ1) is 15.6. The highest BCUT2D eigenvalue weighted by molar-refractivity contribution is 8.00. The van der Waals surface area contributed by atoms with E-state index in [4.69, 9.17) is 0 Å². The maximum Gasteiger partial charge on any atom is 0.251 e. The van der Waals surface area contributed by atoms with Crippen molar-refractivity contribution in [2.24, 2.45) is 0 Å². The van der Waals surface area contributed by atoms with Gasteiger partial charge in [-0.15, -0.1) is 11.8 Å². The molecule has 23 heavy (non-hydrogen) atoms. The summed E-state index contributed by atoms with van der Waals surface area (Å²) in [6.45, 7) is 0.468. The fourth-order valence-electron chi connectivity index (χ4n) is 2.31. The van der Waals surface area contributed by atoms with E-state index < -0.39 is 0 Å². The van der Waals surface area contributed by atoms with Gasteiger partial charge in [-0.05, 0) is 48.4 Å². The van der Waals surface area contributed by atoms with Crippen molar-refractivity contribution < 1.29 is 14.0 Å². The van der Waals surface area contributed by atoms with Crippen molar-refractivity contribution in [3.8, 4) is 0 Å². The zero-order valence-electron chi connectivity index (χ0n) is 12.3. The number of halogens is 1. The number of benzene rings is 2. The molecule has 0 bridgehead atoms. The van der Waals surface area contributed by atoms with Gasteiger partial charge in [-0.2, -0.15) is 0 Å². The number of amides is 2. The van der Waals surface area contributed by atoms with Crippen LogP contribution in [0, 0.1) is 5.82 Å². The molecule has 0 unspecified atom stereocenters. The van der Waals surface area contributed by atoms with Crippen LogP contribution in [-0.2, 0) is 11.2 Å². The normalized spacial score (nSPS) is 13.2. The van der Waals surface area contributed by atoms with E-state index in [2.05, 4.69) is 10.6 Å². The molecular formula is C17H15FN2O2S. The van der Waals surface area contributed by atoms with Crippen molar-refractivity contribution in [1.82, 2.24) is 5.32 Å². The Balaban J connectivity index is 1.56. The molecule has 0 fully saturated rings. The molecule has 3 rings (SSSR count). The Bertz CT molecular complexity index is 747. The Hall–Kier alpha value is -2.34. The van der Waals surface area contributed by atoms with Gasteiger partial charge in [0.05, 0.1) is 11.4 Å². The second-order valence-corrected chi connectivity index (χ2v) is 6.20. The van der Waals surface area contributed by atoms with Gasteiger partial charge in [0.2, 0.25) is 5.91 Å². The molecule has 118 valence electrons. The van der Waals surface area contributed by atoms with Crippen LogP contribution in [0.2, 0.25) is 0 Å². The van der Waals surface area contributed by atoms with Crippen LogP contribution in [0.4, 0.5) is 10.1 Å². The van der Waals surface area contributed by atoms with Gasteiger partial charge in [0.25, 0.3) is 5.91 Å². The largest absolute Gasteiger partial charge is 0.352 e. The maximum absolute atomic E-state index is 12.8. The summed E-state index contributed by atoms with van der Waals surface area (Å²) in [5.74, 6) is -0.147. The van der Waals surface area contributed by atoms with Crippen LogP contribution in [0.3, 0.4) is 0 Å². The van der Waals surface area contributed by atoms with Gasteiger partial charge in [0.15, 0.2) is 0 Å². The third-order valence-corrected chi connectivity index (χ3v) is 4.56. The minimum Gasteiger partial charge on any atom is -0.352 e. The Morgan fingerprint density at radius 2 is 2.00 bits per heavy atom. The molecule has 0 saturated carbocycles. The molecule has 0 atom stereocenters. The smallest absolute Gasteiger partial charge is 0.251 e. The number of rotatable bonds is 4. The van der Waals surface area contributed by atoms with Gasteiger partial charge in [0, 0.05) is 17.0 Å². The van der Waals surface area contributed by atoms with E-state index in [0.717, 1.165) is 16.1 Å². The van der Waals surface area contributed by atoms with Crippen molar-refractivity contribution in [2.75, 3.05) is 17.6 Å². The fourth-order valence-corrected chi connectivity index (χ4v) is 3.10. The number of thioether (sulfide) groups is 1. The van der Waals surface area contributed by atoms with E-state index in [0.29, 0.717) is 24.3 Å². The van der Waals surface area contributed by atoms with Crippen molar-refractivity contribution in [2.45, 2.75) is 11.3 Å². The second kappa shape index (κ2) is 6.83. The van der Waals surface area contributed by atoms with Gasteiger partial charge < -0.3 is 10.6 Å². The lowest BCUT2D eigenvalue weighted by atomic mass is 10.1. The molecule has 1 aliphatic rings. The Kier molecular flexibility index (Phi) is 4.62. The monoisotopic (exact) mass is 330 g/mol. The van der Waals surface area contributed by atoms with E-state index >= 15 is 0 Å². The summed E-state index contributed by atoms with van der Waals surface area (Å²) >= 11 is 1.52. The molecule has 1 aliphatic heterocycles. The first-order valence-electron chi connectivity index (χ1n) is 7.21. The van der Waals surface area contributed by atoms with E-state index in [1.807, 2.05) is 18.2 Å². The molecule has 1 heterocycles. The molecule has 0 saturated heterocycles. The third kappa shape index (κ3) is 3.90. The van der Waals surface area contributed by atoms with Crippen LogP contribution in [-0.4, -0.2) is 24.1 Å². The standard InChI is InChI=1S/C17H15FN2O2S/c18-13-4-2-12(3-5-13)17(22)19-8-7-11-1-6-15-14(9-11)20-16(21)10-23-15/h1-6,9H,7-8,10H2,(H,19,22)(H,20,21). The highest BCUT2D eigenvalue weighted by Crippen LogP contribution is 2.31. The summed E-state index contributed by atoms with van der Waals surface area (Å²) < 4.78 is 12.8. The molecule has 2 amide bonds. The SMILES string of the molecule is O=C1CSc2ccc(CCNC(=O)c3ccc(F)cc3)cc2N1. The van der Waals surface area contributed by atoms with Gasteiger partial charge in [0.1, 0.15) is 5.82 Å². The van der Waals surface area contributed by atoms with Crippen LogP contribution in [0.5, 0.6) is 0 Å². The van der Waals surface area contributed by atoms with E-state index in [1.165, 1.54) is 36.0 Å². The lowest BCUT2D eigenvalue weighted by molar-refractivity contribution is -0.113. The summed E-state index contributed by atoms with van der Waals surface area (Å²) in [6, 6.07) is 11.3. The van der Waals surface area contributed by atoms with E-state index in [9.17, 15) is 14.0 Å². The van der Waals surface area contributed by atoms with Crippen LogP contribution in [0.25, 0.3) is 0 Å². The molecule has 0 aromatic heterocycles. The summed E-state index contributed by atoms with van der Waals surface area (Å²) in [5, 5.41) is 5.65. The molecule has 4 nitrogen and oxygen atoms in total. The minimum absolute atomic E-state index is 0.00395. The number of carbonyl (C=O) groups excluding carboxylic acids is 2. The molecule has 2 aromatic carbocycles. The first-order chi connectivity index (χ1) is 11.1. The number of hydrogen-bond acceptors (Lipinski definition) is 3. The van der Waals surface area contributed by atoms with Crippen LogP contribution >= 0.6 is 11.8 Å². The lowest BCUT2D eigenvalue weighted by Crippen LogP contribution is -2.25. The topological polar surface area (TPSA) is 58.2 Å². The summed E-state index contributed by atoms with van der Waals surface area (Å²) in [6.07, 6.45) is 0.654.